The molecule has 2 aromatic carbocycles. The fraction of sp³-hybridized carbons (Fsp3) is 0. The van der Waals surface area contributed by atoms with Crippen LogP contribution in [0.4, 0.5) is 5.82 Å². The Labute approximate surface area is 155 Å². The van der Waals surface area contributed by atoms with Crippen LogP contribution in [0.2, 0.25) is 5.02 Å². The zero-order valence-electron chi connectivity index (χ0n) is 13.7. The van der Waals surface area contributed by atoms with E-state index in [-0.39, 0.29) is 0 Å². The van der Waals surface area contributed by atoms with E-state index in [9.17, 15) is 0 Å². The van der Waals surface area contributed by atoms with E-state index in [1.54, 1.807) is 18.6 Å². The van der Waals surface area contributed by atoms with Crippen molar-refractivity contribution >= 4 is 34.5 Å². The number of hydrogen-bond donors (Lipinski definition) is 1. The number of nitrogens with one attached hydrogen (secondary N) is 1. The first-order chi connectivity index (χ1) is 12.8. The zero-order chi connectivity index (χ0) is 17.8. The maximum Gasteiger partial charge on any atom is 0.163 e. The quantitative estimate of drug-likeness (QED) is 0.420. The minimum Gasteiger partial charge on any atom is -0.264 e. The normalized spacial score (nSPS) is 11.1. The molecule has 0 spiro atoms. The Morgan fingerprint density at radius 3 is 2.62 bits per heavy atom. The number of halogens is 1. The SMILES string of the molecule is Clc1ccccc1/C=N/Nc1nc(-c2cccnc2)nc2ccccc12. The van der Waals surface area contributed by atoms with Crippen molar-refractivity contribution in [3.05, 3.63) is 83.6 Å². The molecule has 2 aromatic heterocycles. The molecule has 5 nitrogen and oxygen atoms in total. The summed E-state index contributed by atoms with van der Waals surface area (Å²) >= 11 is 6.15. The van der Waals surface area contributed by atoms with Crippen molar-refractivity contribution in [1.29, 1.82) is 0 Å². The maximum absolute atomic E-state index is 6.15. The van der Waals surface area contributed by atoms with Crippen molar-refractivity contribution < 1.29 is 0 Å². The van der Waals surface area contributed by atoms with Crippen molar-refractivity contribution in [3.8, 4) is 11.4 Å². The highest BCUT2D eigenvalue weighted by molar-refractivity contribution is 6.33. The third-order valence-corrected chi connectivity index (χ3v) is 4.15. The summed E-state index contributed by atoms with van der Waals surface area (Å²) in [6.07, 6.45) is 5.13. The second-order valence-corrected chi connectivity index (χ2v) is 5.95. The van der Waals surface area contributed by atoms with Crippen molar-refractivity contribution in [2.75, 3.05) is 5.43 Å². The van der Waals surface area contributed by atoms with Crippen molar-refractivity contribution in [1.82, 2.24) is 15.0 Å². The van der Waals surface area contributed by atoms with Gasteiger partial charge >= 0.3 is 0 Å². The van der Waals surface area contributed by atoms with E-state index in [0.717, 1.165) is 22.0 Å². The molecule has 6 heteroatoms. The lowest BCUT2D eigenvalue weighted by molar-refractivity contribution is 1.18. The van der Waals surface area contributed by atoms with Gasteiger partial charge in [-0.1, -0.05) is 41.9 Å². The molecule has 4 aromatic rings. The van der Waals surface area contributed by atoms with Crippen molar-refractivity contribution in [2.24, 2.45) is 5.10 Å². The number of anilines is 1. The number of aromatic nitrogens is 3. The molecule has 0 fully saturated rings. The lowest BCUT2D eigenvalue weighted by atomic mass is 10.2. The highest BCUT2D eigenvalue weighted by Crippen LogP contribution is 2.24. The van der Waals surface area contributed by atoms with Gasteiger partial charge in [0.2, 0.25) is 0 Å². The minimum absolute atomic E-state index is 0.590. The molecule has 0 unspecified atom stereocenters. The molecule has 0 aliphatic heterocycles. The standard InChI is InChI=1S/C20H14ClN5/c21-17-9-3-1-6-14(17)13-23-26-20-16-8-2-4-10-18(16)24-19(25-20)15-7-5-11-22-12-15/h1-13H,(H,24,25,26)/b23-13+. The molecular weight excluding hydrogens is 346 g/mol. The summed E-state index contributed by atoms with van der Waals surface area (Å²) in [5.41, 5.74) is 5.51. The fourth-order valence-corrected chi connectivity index (χ4v) is 2.71. The van der Waals surface area contributed by atoms with Gasteiger partial charge in [0.25, 0.3) is 0 Å². The Morgan fingerprint density at radius 1 is 0.923 bits per heavy atom. The minimum atomic E-state index is 0.590. The van der Waals surface area contributed by atoms with E-state index in [0.29, 0.717) is 16.7 Å². The monoisotopic (exact) mass is 359 g/mol. The molecule has 0 atom stereocenters. The number of fused-ring (bicyclic) bond motifs is 1. The Bertz CT molecular complexity index is 1080. The number of nitrogens with zero attached hydrogens (tertiary/aromatic N) is 4. The van der Waals surface area contributed by atoms with Crippen LogP contribution in [0.1, 0.15) is 5.56 Å². The van der Waals surface area contributed by atoms with E-state index < -0.39 is 0 Å². The van der Waals surface area contributed by atoms with Gasteiger partial charge in [-0.15, -0.1) is 0 Å². The average Bonchev–Trinajstić information content (AvgIpc) is 2.70. The second-order valence-electron chi connectivity index (χ2n) is 5.55. The van der Waals surface area contributed by atoms with Crippen molar-refractivity contribution in [3.63, 3.8) is 0 Å². The van der Waals surface area contributed by atoms with E-state index in [1.165, 1.54) is 0 Å². The van der Waals surface area contributed by atoms with E-state index in [4.69, 9.17) is 11.6 Å². The lowest BCUT2D eigenvalue weighted by Gasteiger charge is -2.08. The molecule has 0 aliphatic carbocycles. The topological polar surface area (TPSA) is 63.1 Å². The smallest absolute Gasteiger partial charge is 0.163 e. The summed E-state index contributed by atoms with van der Waals surface area (Å²) in [7, 11) is 0. The molecule has 126 valence electrons. The third kappa shape index (κ3) is 3.38. The summed E-state index contributed by atoms with van der Waals surface area (Å²) in [5.74, 6) is 1.21. The summed E-state index contributed by atoms with van der Waals surface area (Å²) in [4.78, 5) is 13.4. The van der Waals surface area contributed by atoms with Crippen LogP contribution >= 0.6 is 11.6 Å². The molecule has 26 heavy (non-hydrogen) atoms. The van der Waals surface area contributed by atoms with Crippen LogP contribution in [0, 0.1) is 0 Å². The van der Waals surface area contributed by atoms with E-state index in [1.807, 2.05) is 60.7 Å². The van der Waals surface area contributed by atoms with Gasteiger partial charge in [-0.05, 0) is 30.3 Å². The summed E-state index contributed by atoms with van der Waals surface area (Å²) in [5, 5.41) is 5.82. The number of hydrogen-bond acceptors (Lipinski definition) is 5. The van der Waals surface area contributed by atoms with Crippen LogP contribution in [0.5, 0.6) is 0 Å². The molecular formula is C20H14ClN5. The van der Waals surface area contributed by atoms with Gasteiger partial charge in [0.1, 0.15) is 0 Å². The van der Waals surface area contributed by atoms with Gasteiger partial charge in [-0.2, -0.15) is 5.10 Å². The number of hydrazone groups is 1. The Morgan fingerprint density at radius 2 is 1.77 bits per heavy atom. The molecule has 0 aliphatic rings. The predicted octanol–water partition coefficient (Wildman–Crippen LogP) is 4.79. The zero-order valence-corrected chi connectivity index (χ0v) is 14.4. The summed E-state index contributed by atoms with van der Waals surface area (Å²) < 4.78 is 0. The first-order valence-corrected chi connectivity index (χ1v) is 8.40. The molecule has 1 N–H and O–H groups in total. The number of pyridine rings is 1. The average molecular weight is 360 g/mol. The lowest BCUT2D eigenvalue weighted by Crippen LogP contribution is -1.99. The van der Waals surface area contributed by atoms with Crippen LogP contribution in [0.3, 0.4) is 0 Å². The van der Waals surface area contributed by atoms with Crippen LogP contribution in [-0.4, -0.2) is 21.2 Å². The van der Waals surface area contributed by atoms with Gasteiger partial charge in [0.05, 0.1) is 11.7 Å². The fourth-order valence-electron chi connectivity index (χ4n) is 2.53. The van der Waals surface area contributed by atoms with E-state index >= 15 is 0 Å². The van der Waals surface area contributed by atoms with Crippen molar-refractivity contribution in [2.45, 2.75) is 0 Å². The summed E-state index contributed by atoms with van der Waals surface area (Å²) in [6, 6.07) is 19.1. The summed E-state index contributed by atoms with van der Waals surface area (Å²) in [6.45, 7) is 0. The Balaban J connectivity index is 1.73. The molecule has 0 saturated carbocycles. The number of rotatable bonds is 4. The van der Waals surface area contributed by atoms with Gasteiger partial charge in [-0.3, -0.25) is 10.4 Å². The molecule has 2 heterocycles. The van der Waals surface area contributed by atoms with Crippen LogP contribution < -0.4 is 5.43 Å². The van der Waals surface area contributed by atoms with Gasteiger partial charge in [0.15, 0.2) is 11.6 Å². The highest BCUT2D eigenvalue weighted by atomic mass is 35.5. The first kappa shape index (κ1) is 16.2. The van der Waals surface area contributed by atoms with Gasteiger partial charge in [-0.25, -0.2) is 9.97 Å². The van der Waals surface area contributed by atoms with Gasteiger partial charge < -0.3 is 0 Å². The second kappa shape index (κ2) is 7.29. The Hall–Kier alpha value is -3.31. The van der Waals surface area contributed by atoms with Crippen LogP contribution in [0.25, 0.3) is 22.3 Å². The first-order valence-electron chi connectivity index (χ1n) is 8.02. The molecule has 4 rings (SSSR count). The maximum atomic E-state index is 6.15. The number of benzene rings is 2. The van der Waals surface area contributed by atoms with Crippen LogP contribution in [0.15, 0.2) is 78.2 Å². The van der Waals surface area contributed by atoms with Crippen LogP contribution in [-0.2, 0) is 0 Å². The number of para-hydroxylation sites is 1. The predicted molar refractivity (Wildman–Crippen MR) is 105 cm³/mol. The molecule has 0 saturated heterocycles. The Kier molecular flexibility index (Phi) is 4.53. The van der Waals surface area contributed by atoms with Gasteiger partial charge in [0, 0.05) is 33.9 Å². The highest BCUT2D eigenvalue weighted by Gasteiger charge is 2.08. The molecule has 0 radical (unpaired) electrons. The third-order valence-electron chi connectivity index (χ3n) is 3.80. The molecule has 0 amide bonds. The van der Waals surface area contributed by atoms with E-state index in [2.05, 4.69) is 25.5 Å². The molecule has 0 bridgehead atoms. The largest absolute Gasteiger partial charge is 0.264 e.